The van der Waals surface area contributed by atoms with Gasteiger partial charge in [0.05, 0.1) is 22.7 Å². The van der Waals surface area contributed by atoms with Crippen molar-refractivity contribution >= 4 is 24.2 Å². The monoisotopic (exact) mass is 404 g/mol. The van der Waals surface area contributed by atoms with E-state index < -0.39 is 23.7 Å². The molecule has 2 aromatic rings. The van der Waals surface area contributed by atoms with Crippen molar-refractivity contribution in [3.63, 3.8) is 0 Å². The third-order valence-electron chi connectivity index (χ3n) is 6.28. The number of carbonyl (C=O) groups excluding carboxylic acids is 1. The van der Waals surface area contributed by atoms with Gasteiger partial charge in [-0.2, -0.15) is 5.26 Å². The minimum absolute atomic E-state index is 0.203. The van der Waals surface area contributed by atoms with E-state index in [1.165, 1.54) is 0 Å². The summed E-state index contributed by atoms with van der Waals surface area (Å²) in [7, 11) is -0.487. The number of nitrogens with one attached hydrogen (secondary N) is 1. The normalized spacial score (nSPS) is 17.5. The summed E-state index contributed by atoms with van der Waals surface area (Å²) in [5.41, 5.74) is 2.49. The summed E-state index contributed by atoms with van der Waals surface area (Å²) in [6, 6.07) is 15.1. The average molecular weight is 404 g/mol. The Balaban J connectivity index is 1.81. The summed E-state index contributed by atoms with van der Waals surface area (Å²) in [5, 5.41) is 12.3. The highest BCUT2D eigenvalue weighted by Gasteiger charge is 2.52. The molecule has 0 atom stereocenters. The third kappa shape index (κ3) is 4.01. The Morgan fingerprint density at radius 3 is 2.13 bits per heavy atom. The van der Waals surface area contributed by atoms with Crippen molar-refractivity contribution in [3.8, 4) is 6.07 Å². The molecule has 156 valence electrons. The molecule has 1 aliphatic heterocycles. The Labute approximate surface area is 179 Å². The van der Waals surface area contributed by atoms with Gasteiger partial charge in [-0.1, -0.05) is 24.3 Å². The standard InChI is InChI=1S/C24H29BN2O3/c1-16-19(25-29-23(4,5)24(6,7)30-25)9-8-10-20(16)27-21(28)17-11-13-18(14-12-17)22(2,3)15-26/h8-14H,1-7H3,(H,27,28). The van der Waals surface area contributed by atoms with Crippen molar-refractivity contribution in [1.82, 2.24) is 0 Å². The number of amides is 1. The van der Waals surface area contributed by atoms with Crippen molar-refractivity contribution in [2.45, 2.75) is 65.1 Å². The Hall–Kier alpha value is -2.62. The molecule has 2 aromatic carbocycles. The smallest absolute Gasteiger partial charge is 0.399 e. The van der Waals surface area contributed by atoms with Crippen molar-refractivity contribution in [2.24, 2.45) is 0 Å². The number of anilines is 1. The summed E-state index contributed by atoms with van der Waals surface area (Å²) in [6.45, 7) is 13.7. The van der Waals surface area contributed by atoms with Crippen molar-refractivity contribution in [1.29, 1.82) is 5.26 Å². The number of hydrogen-bond donors (Lipinski definition) is 1. The topological polar surface area (TPSA) is 71.4 Å². The lowest BCUT2D eigenvalue weighted by Gasteiger charge is -2.32. The van der Waals surface area contributed by atoms with E-state index in [1.807, 2.05) is 78.8 Å². The second-order valence-electron chi connectivity index (χ2n) is 9.38. The van der Waals surface area contributed by atoms with Gasteiger partial charge in [0.2, 0.25) is 0 Å². The predicted molar refractivity (Wildman–Crippen MR) is 120 cm³/mol. The van der Waals surface area contributed by atoms with E-state index in [-0.39, 0.29) is 5.91 Å². The molecule has 6 heteroatoms. The minimum atomic E-state index is -0.594. The van der Waals surface area contributed by atoms with Crippen LogP contribution < -0.4 is 10.8 Å². The van der Waals surface area contributed by atoms with Crippen molar-refractivity contribution in [2.75, 3.05) is 5.32 Å². The summed E-state index contributed by atoms with van der Waals surface area (Å²) in [5.74, 6) is -0.203. The van der Waals surface area contributed by atoms with E-state index in [4.69, 9.17) is 9.31 Å². The molecule has 0 aromatic heterocycles. The molecule has 1 N–H and O–H groups in total. The molecule has 5 nitrogen and oxygen atoms in total. The molecule has 0 spiro atoms. The second kappa shape index (κ2) is 7.57. The molecular weight excluding hydrogens is 375 g/mol. The molecule has 1 saturated heterocycles. The lowest BCUT2D eigenvalue weighted by atomic mass is 9.76. The fraction of sp³-hybridized carbons (Fsp3) is 0.417. The first-order chi connectivity index (χ1) is 13.9. The number of nitrogens with zero attached hydrogens (tertiary/aromatic N) is 1. The van der Waals surface area contributed by atoms with Crippen LogP contribution in [0, 0.1) is 18.3 Å². The lowest BCUT2D eigenvalue weighted by molar-refractivity contribution is 0.00578. The molecule has 30 heavy (non-hydrogen) atoms. The van der Waals surface area contributed by atoms with Gasteiger partial charge >= 0.3 is 7.12 Å². The number of hydrogen-bond acceptors (Lipinski definition) is 4. The third-order valence-corrected chi connectivity index (χ3v) is 6.28. The minimum Gasteiger partial charge on any atom is -0.399 e. The zero-order chi connectivity index (χ0) is 22.3. The molecule has 1 heterocycles. The maximum atomic E-state index is 12.8. The van der Waals surface area contributed by atoms with E-state index in [1.54, 1.807) is 12.1 Å². The molecule has 1 amide bonds. The van der Waals surface area contributed by atoms with Crippen molar-refractivity contribution in [3.05, 3.63) is 59.2 Å². The van der Waals surface area contributed by atoms with Gasteiger partial charge in [0, 0.05) is 11.3 Å². The van der Waals surface area contributed by atoms with Gasteiger partial charge < -0.3 is 14.6 Å². The van der Waals surface area contributed by atoms with E-state index >= 15 is 0 Å². The van der Waals surface area contributed by atoms with Crippen LogP contribution in [0.1, 0.15) is 63.0 Å². The molecule has 1 aliphatic rings. The summed E-state index contributed by atoms with van der Waals surface area (Å²) < 4.78 is 12.3. The van der Waals surface area contributed by atoms with Crippen LogP contribution in [-0.4, -0.2) is 24.2 Å². The van der Waals surface area contributed by atoms with Gasteiger partial charge in [-0.25, -0.2) is 0 Å². The summed E-state index contributed by atoms with van der Waals surface area (Å²) in [4.78, 5) is 12.8. The molecule has 0 aliphatic carbocycles. The van der Waals surface area contributed by atoms with Crippen LogP contribution >= 0.6 is 0 Å². The van der Waals surface area contributed by atoms with Gasteiger partial charge in [0.15, 0.2) is 0 Å². The maximum Gasteiger partial charge on any atom is 0.495 e. The highest BCUT2D eigenvalue weighted by molar-refractivity contribution is 6.62. The molecular formula is C24H29BN2O3. The molecule has 0 saturated carbocycles. The van der Waals surface area contributed by atoms with E-state index in [0.717, 1.165) is 16.6 Å². The fourth-order valence-electron chi connectivity index (χ4n) is 3.31. The first-order valence-corrected chi connectivity index (χ1v) is 10.2. The van der Waals surface area contributed by atoms with E-state index in [0.29, 0.717) is 11.3 Å². The van der Waals surface area contributed by atoms with Gasteiger partial charge in [-0.3, -0.25) is 4.79 Å². The van der Waals surface area contributed by atoms with Crippen LogP contribution in [0.15, 0.2) is 42.5 Å². The maximum absolute atomic E-state index is 12.8. The highest BCUT2D eigenvalue weighted by Crippen LogP contribution is 2.37. The van der Waals surface area contributed by atoms with Crippen molar-refractivity contribution < 1.29 is 14.1 Å². The van der Waals surface area contributed by atoms with Crippen LogP contribution in [0.4, 0.5) is 5.69 Å². The predicted octanol–water partition coefficient (Wildman–Crippen LogP) is 4.35. The molecule has 1 fully saturated rings. The Morgan fingerprint density at radius 1 is 1.03 bits per heavy atom. The summed E-state index contributed by atoms with van der Waals surface area (Å²) >= 11 is 0. The number of carbonyl (C=O) groups is 1. The van der Waals surface area contributed by atoms with Gasteiger partial charge in [0.25, 0.3) is 5.91 Å². The quantitative estimate of drug-likeness (QED) is 0.770. The zero-order valence-electron chi connectivity index (χ0n) is 18.8. The second-order valence-corrected chi connectivity index (χ2v) is 9.38. The van der Waals surface area contributed by atoms with E-state index in [9.17, 15) is 10.1 Å². The molecule has 3 rings (SSSR count). The number of benzene rings is 2. The van der Waals surface area contributed by atoms with Gasteiger partial charge in [-0.05, 0) is 83.3 Å². The largest absolute Gasteiger partial charge is 0.495 e. The first-order valence-electron chi connectivity index (χ1n) is 10.2. The number of rotatable bonds is 4. The zero-order valence-corrected chi connectivity index (χ0v) is 18.8. The Kier molecular flexibility index (Phi) is 5.57. The van der Waals surface area contributed by atoms with Crippen LogP contribution in [0.5, 0.6) is 0 Å². The molecule has 0 radical (unpaired) electrons. The fourth-order valence-corrected chi connectivity index (χ4v) is 3.31. The Bertz CT molecular complexity index is 988. The SMILES string of the molecule is Cc1c(NC(=O)c2ccc(C(C)(C)C#N)cc2)cccc1B1OC(C)(C)C(C)(C)O1. The summed E-state index contributed by atoms with van der Waals surface area (Å²) in [6.07, 6.45) is 0. The first kappa shape index (κ1) is 22.1. The van der Waals surface area contributed by atoms with Crippen LogP contribution in [0.2, 0.25) is 0 Å². The number of nitriles is 1. The lowest BCUT2D eigenvalue weighted by Crippen LogP contribution is -2.41. The van der Waals surface area contributed by atoms with Gasteiger partial charge in [0.1, 0.15) is 0 Å². The molecule has 0 unspecified atom stereocenters. The van der Waals surface area contributed by atoms with Crippen LogP contribution in [-0.2, 0) is 14.7 Å². The molecule has 0 bridgehead atoms. The van der Waals surface area contributed by atoms with Crippen LogP contribution in [0.25, 0.3) is 0 Å². The van der Waals surface area contributed by atoms with Gasteiger partial charge in [-0.15, -0.1) is 0 Å². The average Bonchev–Trinajstić information content (AvgIpc) is 2.90. The van der Waals surface area contributed by atoms with E-state index in [2.05, 4.69) is 11.4 Å². The van der Waals surface area contributed by atoms with Crippen LogP contribution in [0.3, 0.4) is 0 Å². The Morgan fingerprint density at radius 2 is 1.60 bits per heavy atom. The highest BCUT2D eigenvalue weighted by atomic mass is 16.7.